The fourth-order valence-electron chi connectivity index (χ4n) is 0.949. The number of hydrogen-bond donors (Lipinski definition) is 0. The number of halogens is 1. The van der Waals surface area contributed by atoms with Crippen molar-refractivity contribution in [1.82, 2.24) is 4.48 Å². The van der Waals surface area contributed by atoms with Crippen LogP contribution >= 0.6 is 23.0 Å². The van der Waals surface area contributed by atoms with Crippen LogP contribution in [0.4, 0.5) is 5.69 Å². The fourth-order valence-corrected chi connectivity index (χ4v) is 1.22. The highest BCUT2D eigenvalue weighted by molar-refractivity contribution is 14.1. The van der Waals surface area contributed by atoms with Crippen molar-refractivity contribution in [1.29, 1.82) is 0 Å². The number of quaternary nitrogens is 1. The molecule has 0 saturated heterocycles. The number of benzene rings is 1. The summed E-state index contributed by atoms with van der Waals surface area (Å²) >= 11 is 1.89. The minimum absolute atomic E-state index is 0.813. The van der Waals surface area contributed by atoms with Gasteiger partial charge in [-0.05, 0) is 12.1 Å². The zero-order chi connectivity index (χ0) is 9.19. The zero-order valence-corrected chi connectivity index (χ0v) is 9.70. The van der Waals surface area contributed by atoms with Crippen LogP contribution in [0, 0.1) is 0 Å². The predicted molar refractivity (Wildman–Crippen MR) is 60.7 cm³/mol. The van der Waals surface area contributed by atoms with Crippen LogP contribution in [0.25, 0.3) is 0 Å². The monoisotopic (exact) mass is 278 g/mol. The second-order valence-electron chi connectivity index (χ2n) is 3.59. The standard InChI is InChI=1S/C9H13INO/c1-11(2,3)8-5-4-6-9(7-8)12-10/h4-7H,1-3H3/q+1. The molecule has 2 nitrogen and oxygen atoms in total. The molecule has 0 spiro atoms. The Labute approximate surface area is 87.4 Å². The van der Waals surface area contributed by atoms with Crippen molar-refractivity contribution in [3.8, 4) is 5.75 Å². The van der Waals surface area contributed by atoms with Gasteiger partial charge in [-0.25, -0.2) is 0 Å². The molecule has 1 rings (SSSR count). The lowest BCUT2D eigenvalue weighted by Gasteiger charge is -2.23. The summed E-state index contributed by atoms with van der Waals surface area (Å²) < 4.78 is 5.92. The summed E-state index contributed by atoms with van der Waals surface area (Å²) in [5.74, 6) is 0.904. The highest BCUT2D eigenvalue weighted by Gasteiger charge is 2.11. The molecule has 1 aromatic rings. The third-order valence-corrected chi connectivity index (χ3v) is 2.19. The molecular formula is C9H13INO+. The minimum Gasteiger partial charge on any atom is -0.427 e. The Morgan fingerprint density at radius 3 is 2.42 bits per heavy atom. The van der Waals surface area contributed by atoms with Crippen LogP contribution < -0.4 is 7.55 Å². The molecule has 66 valence electrons. The van der Waals surface area contributed by atoms with E-state index in [1.807, 2.05) is 41.2 Å². The highest BCUT2D eigenvalue weighted by Crippen LogP contribution is 2.23. The summed E-state index contributed by atoms with van der Waals surface area (Å²) in [5, 5.41) is 0. The lowest BCUT2D eigenvalue weighted by molar-refractivity contribution is 0.485. The van der Waals surface area contributed by atoms with Crippen molar-refractivity contribution < 1.29 is 3.07 Å². The van der Waals surface area contributed by atoms with E-state index in [0.29, 0.717) is 0 Å². The summed E-state index contributed by atoms with van der Waals surface area (Å²) in [5.41, 5.74) is 1.24. The van der Waals surface area contributed by atoms with Crippen molar-refractivity contribution >= 4 is 28.7 Å². The van der Waals surface area contributed by atoms with Gasteiger partial charge in [0.05, 0.1) is 21.1 Å². The van der Waals surface area contributed by atoms with Gasteiger partial charge in [0, 0.05) is 6.07 Å². The van der Waals surface area contributed by atoms with Crippen LogP contribution in [0.1, 0.15) is 0 Å². The van der Waals surface area contributed by atoms with E-state index >= 15 is 0 Å². The summed E-state index contributed by atoms with van der Waals surface area (Å²) in [4.78, 5) is 0. The fraction of sp³-hybridized carbons (Fsp3) is 0.333. The van der Waals surface area contributed by atoms with Crippen LogP contribution in [-0.4, -0.2) is 21.1 Å². The molecule has 0 N–H and O–H groups in total. The first kappa shape index (κ1) is 9.80. The van der Waals surface area contributed by atoms with Gasteiger partial charge in [-0.3, -0.25) is 4.48 Å². The predicted octanol–water partition coefficient (Wildman–Crippen LogP) is 2.61. The zero-order valence-electron chi connectivity index (χ0n) is 7.54. The Morgan fingerprint density at radius 1 is 1.25 bits per heavy atom. The quantitative estimate of drug-likeness (QED) is 0.597. The molecule has 0 aliphatic heterocycles. The first-order chi connectivity index (χ1) is 5.54. The lowest BCUT2D eigenvalue weighted by Crippen LogP contribution is -2.34. The first-order valence-corrected chi connectivity index (χ1v) is 4.63. The molecular weight excluding hydrogens is 265 g/mol. The second kappa shape index (κ2) is 3.62. The molecule has 0 aromatic heterocycles. The molecule has 0 atom stereocenters. The van der Waals surface area contributed by atoms with E-state index in [2.05, 4.69) is 27.2 Å². The molecule has 0 amide bonds. The van der Waals surface area contributed by atoms with Crippen molar-refractivity contribution in [3.63, 3.8) is 0 Å². The molecule has 0 aliphatic carbocycles. The molecule has 3 heteroatoms. The Kier molecular flexibility index (Phi) is 2.95. The molecule has 12 heavy (non-hydrogen) atoms. The van der Waals surface area contributed by atoms with E-state index in [-0.39, 0.29) is 0 Å². The molecule has 0 saturated carbocycles. The minimum atomic E-state index is 0.813. The smallest absolute Gasteiger partial charge is 0.192 e. The Morgan fingerprint density at radius 2 is 1.92 bits per heavy atom. The van der Waals surface area contributed by atoms with Gasteiger partial charge in [0.25, 0.3) is 0 Å². The van der Waals surface area contributed by atoms with Gasteiger partial charge >= 0.3 is 0 Å². The van der Waals surface area contributed by atoms with E-state index in [4.69, 9.17) is 3.07 Å². The lowest BCUT2D eigenvalue weighted by atomic mass is 10.2. The molecule has 0 bridgehead atoms. The summed E-state index contributed by atoms with van der Waals surface area (Å²) in [7, 11) is 6.39. The van der Waals surface area contributed by atoms with Crippen LogP contribution in [-0.2, 0) is 0 Å². The third kappa shape index (κ3) is 2.35. The van der Waals surface area contributed by atoms with Gasteiger partial charge < -0.3 is 3.07 Å². The number of nitrogens with zero attached hydrogens (tertiary/aromatic N) is 1. The molecule has 0 radical (unpaired) electrons. The summed E-state index contributed by atoms with van der Waals surface area (Å²) in [6.07, 6.45) is 0. The largest absolute Gasteiger partial charge is 0.427 e. The van der Waals surface area contributed by atoms with E-state index in [9.17, 15) is 0 Å². The maximum absolute atomic E-state index is 5.11. The van der Waals surface area contributed by atoms with Gasteiger partial charge in [-0.1, -0.05) is 6.07 Å². The molecule has 1 aromatic carbocycles. The molecule has 0 fully saturated rings. The second-order valence-corrected chi connectivity index (χ2v) is 4.03. The van der Waals surface area contributed by atoms with Gasteiger partial charge in [-0.15, -0.1) is 0 Å². The average molecular weight is 278 g/mol. The Bertz CT molecular complexity index is 267. The molecule has 0 heterocycles. The normalized spacial score (nSPS) is 11.3. The van der Waals surface area contributed by atoms with Gasteiger partial charge in [0.2, 0.25) is 0 Å². The van der Waals surface area contributed by atoms with Crippen molar-refractivity contribution in [3.05, 3.63) is 24.3 Å². The molecule has 0 unspecified atom stereocenters. The topological polar surface area (TPSA) is 9.23 Å². The van der Waals surface area contributed by atoms with Crippen molar-refractivity contribution in [2.75, 3.05) is 21.1 Å². The Hall–Kier alpha value is -0.290. The SMILES string of the molecule is C[N+](C)(C)c1cccc(OI)c1. The average Bonchev–Trinajstić information content (AvgIpc) is 2.03. The Balaban J connectivity index is 3.02. The van der Waals surface area contributed by atoms with E-state index < -0.39 is 0 Å². The number of rotatable bonds is 2. The maximum atomic E-state index is 5.11. The van der Waals surface area contributed by atoms with Gasteiger partial charge in [0.15, 0.2) is 23.0 Å². The number of hydrogen-bond acceptors (Lipinski definition) is 1. The van der Waals surface area contributed by atoms with E-state index in [1.165, 1.54) is 5.69 Å². The van der Waals surface area contributed by atoms with Crippen LogP contribution in [0.2, 0.25) is 0 Å². The molecule has 0 aliphatic rings. The van der Waals surface area contributed by atoms with Crippen LogP contribution in [0.3, 0.4) is 0 Å². The highest BCUT2D eigenvalue weighted by atomic mass is 127. The van der Waals surface area contributed by atoms with Crippen molar-refractivity contribution in [2.24, 2.45) is 0 Å². The van der Waals surface area contributed by atoms with Crippen LogP contribution in [0.15, 0.2) is 24.3 Å². The van der Waals surface area contributed by atoms with Crippen LogP contribution in [0.5, 0.6) is 5.75 Å². The first-order valence-electron chi connectivity index (χ1n) is 3.75. The van der Waals surface area contributed by atoms with Crippen molar-refractivity contribution in [2.45, 2.75) is 0 Å². The van der Waals surface area contributed by atoms with E-state index in [0.717, 1.165) is 10.2 Å². The third-order valence-electron chi connectivity index (χ3n) is 1.68. The maximum Gasteiger partial charge on any atom is 0.192 e. The van der Waals surface area contributed by atoms with E-state index in [1.54, 1.807) is 0 Å². The van der Waals surface area contributed by atoms with Gasteiger partial charge in [0.1, 0.15) is 11.4 Å². The summed E-state index contributed by atoms with van der Waals surface area (Å²) in [6.45, 7) is 0. The summed E-state index contributed by atoms with van der Waals surface area (Å²) in [6, 6.07) is 8.10. The van der Waals surface area contributed by atoms with Gasteiger partial charge in [-0.2, -0.15) is 0 Å².